The second-order valence-electron chi connectivity index (χ2n) is 6.18. The molecule has 0 radical (unpaired) electrons. The van der Waals surface area contributed by atoms with E-state index in [1.54, 1.807) is 23.1 Å². The van der Waals surface area contributed by atoms with Gasteiger partial charge in [-0.15, -0.1) is 0 Å². The number of pyridine rings is 1. The zero-order valence-corrected chi connectivity index (χ0v) is 16.2. The first-order valence-electron chi connectivity index (χ1n) is 8.40. The van der Waals surface area contributed by atoms with E-state index in [1.165, 1.54) is 0 Å². The van der Waals surface area contributed by atoms with Gasteiger partial charge in [0.1, 0.15) is 5.02 Å². The number of ether oxygens (including phenoxy) is 1. The molecule has 11 heteroatoms. The van der Waals surface area contributed by atoms with Gasteiger partial charge in [0, 0.05) is 24.8 Å². The minimum absolute atomic E-state index is 0.00641. The third-order valence-electron chi connectivity index (χ3n) is 4.03. The zero-order chi connectivity index (χ0) is 21.2. The first-order chi connectivity index (χ1) is 13.6. The highest BCUT2D eigenvalue weighted by atomic mass is 35.5. The Morgan fingerprint density at radius 2 is 2.00 bits per heavy atom. The van der Waals surface area contributed by atoms with Gasteiger partial charge in [-0.3, -0.25) is 9.59 Å². The third kappa shape index (κ3) is 5.30. The van der Waals surface area contributed by atoms with E-state index in [0.717, 1.165) is 18.7 Å². The topological polar surface area (TPSA) is 71.5 Å². The Balaban J connectivity index is 1.74. The Kier molecular flexibility index (Phi) is 6.18. The average molecular weight is 448 g/mol. The lowest BCUT2D eigenvalue weighted by molar-refractivity contribution is -0.154. The van der Waals surface area contributed by atoms with Crippen LogP contribution in [0, 0.1) is 0 Å². The lowest BCUT2D eigenvalue weighted by atomic mass is 10.2. The summed E-state index contributed by atoms with van der Waals surface area (Å²) in [5, 5.41) is 2.58. The van der Waals surface area contributed by atoms with Gasteiger partial charge in [-0.2, -0.15) is 13.2 Å². The second-order valence-corrected chi connectivity index (χ2v) is 7.00. The number of anilines is 2. The fourth-order valence-corrected chi connectivity index (χ4v) is 3.08. The number of halogens is 5. The molecule has 1 aromatic heterocycles. The molecule has 2 heterocycles. The fourth-order valence-electron chi connectivity index (χ4n) is 2.70. The highest BCUT2D eigenvalue weighted by Gasteiger charge is 2.29. The van der Waals surface area contributed by atoms with E-state index in [-0.39, 0.29) is 27.2 Å². The van der Waals surface area contributed by atoms with Gasteiger partial charge in [0.2, 0.25) is 11.8 Å². The molecule has 3 rings (SSSR count). The standard InChI is InChI=1S/C18H14Cl2F3N3O3/c19-12-4-3-11(26-5-1-2-15(26)27)7-14(12)25-16(28)10-6-13(20)17(24-8-10)29-9-18(21,22)23/h3-4,6-8H,1-2,5,9H2,(H,25,28). The van der Waals surface area contributed by atoms with E-state index < -0.39 is 24.6 Å². The quantitative estimate of drug-likeness (QED) is 0.720. The Morgan fingerprint density at radius 3 is 2.62 bits per heavy atom. The molecule has 29 heavy (non-hydrogen) atoms. The maximum atomic E-state index is 12.5. The molecule has 1 aromatic carbocycles. The minimum atomic E-state index is -4.54. The summed E-state index contributed by atoms with van der Waals surface area (Å²) in [6, 6.07) is 5.93. The highest BCUT2D eigenvalue weighted by molar-refractivity contribution is 6.34. The molecule has 154 valence electrons. The zero-order valence-electron chi connectivity index (χ0n) is 14.7. The maximum Gasteiger partial charge on any atom is 0.422 e. The average Bonchev–Trinajstić information content (AvgIpc) is 3.07. The van der Waals surface area contributed by atoms with Crippen molar-refractivity contribution >= 4 is 46.4 Å². The molecule has 0 unspecified atom stereocenters. The number of rotatable bonds is 5. The molecule has 1 aliphatic rings. The molecule has 0 aliphatic carbocycles. The lowest BCUT2D eigenvalue weighted by Crippen LogP contribution is -2.24. The summed E-state index contributed by atoms with van der Waals surface area (Å²) in [6.07, 6.45) is -2.30. The Hall–Kier alpha value is -2.52. The summed E-state index contributed by atoms with van der Waals surface area (Å²) in [5.41, 5.74) is 0.856. The van der Waals surface area contributed by atoms with E-state index >= 15 is 0 Å². The summed E-state index contributed by atoms with van der Waals surface area (Å²) in [5.74, 6) is -1.09. The summed E-state index contributed by atoms with van der Waals surface area (Å²) < 4.78 is 41.2. The number of aromatic nitrogens is 1. The fraction of sp³-hybridized carbons (Fsp3) is 0.278. The van der Waals surface area contributed by atoms with Crippen LogP contribution in [0.15, 0.2) is 30.5 Å². The van der Waals surface area contributed by atoms with Crippen LogP contribution >= 0.6 is 23.2 Å². The van der Waals surface area contributed by atoms with Crippen molar-refractivity contribution in [2.24, 2.45) is 0 Å². The van der Waals surface area contributed by atoms with E-state index in [9.17, 15) is 22.8 Å². The minimum Gasteiger partial charge on any atom is -0.467 e. The molecule has 0 spiro atoms. The van der Waals surface area contributed by atoms with Gasteiger partial charge in [0.25, 0.3) is 5.91 Å². The SMILES string of the molecule is O=C(Nc1cc(N2CCCC2=O)ccc1Cl)c1cnc(OCC(F)(F)F)c(Cl)c1. The van der Waals surface area contributed by atoms with Gasteiger partial charge in [0.05, 0.1) is 16.3 Å². The molecule has 1 fully saturated rings. The highest BCUT2D eigenvalue weighted by Crippen LogP contribution is 2.31. The Labute approximate surface area is 173 Å². The number of hydrogen-bond acceptors (Lipinski definition) is 4. The summed E-state index contributed by atoms with van der Waals surface area (Å²) >= 11 is 12.0. The van der Waals surface area contributed by atoms with Gasteiger partial charge in [-0.1, -0.05) is 23.2 Å². The van der Waals surface area contributed by atoms with E-state index in [0.29, 0.717) is 18.7 Å². The number of carbonyl (C=O) groups excluding carboxylic acids is 2. The van der Waals surface area contributed by atoms with Gasteiger partial charge in [-0.25, -0.2) is 4.98 Å². The predicted molar refractivity (Wildman–Crippen MR) is 102 cm³/mol. The van der Waals surface area contributed by atoms with Gasteiger partial charge in [0.15, 0.2) is 6.61 Å². The molecule has 2 aromatic rings. The molecular formula is C18H14Cl2F3N3O3. The van der Waals surface area contributed by atoms with Gasteiger partial charge < -0.3 is 15.0 Å². The smallest absolute Gasteiger partial charge is 0.422 e. The lowest BCUT2D eigenvalue weighted by Gasteiger charge is -2.17. The first kappa shape index (κ1) is 21.2. The first-order valence-corrected chi connectivity index (χ1v) is 9.16. The molecule has 2 amide bonds. The van der Waals surface area contributed by atoms with Crippen LogP contribution in [0.25, 0.3) is 0 Å². The summed E-state index contributed by atoms with van der Waals surface area (Å²) in [7, 11) is 0. The van der Waals surface area contributed by atoms with Crippen molar-refractivity contribution in [1.82, 2.24) is 4.98 Å². The monoisotopic (exact) mass is 447 g/mol. The normalized spacial score (nSPS) is 14.2. The van der Waals surface area contributed by atoms with Crippen molar-refractivity contribution < 1.29 is 27.5 Å². The number of alkyl halides is 3. The molecule has 1 saturated heterocycles. The molecule has 0 bridgehead atoms. The van der Waals surface area contributed by atoms with Gasteiger partial charge in [-0.05, 0) is 30.7 Å². The third-order valence-corrected chi connectivity index (χ3v) is 4.63. The maximum absolute atomic E-state index is 12.5. The summed E-state index contributed by atoms with van der Waals surface area (Å²) in [4.78, 5) is 29.6. The van der Waals surface area contributed by atoms with Crippen LogP contribution in [0.5, 0.6) is 5.88 Å². The number of hydrogen-bond donors (Lipinski definition) is 1. The van der Waals surface area contributed by atoms with E-state index in [4.69, 9.17) is 23.2 Å². The van der Waals surface area contributed by atoms with Crippen LogP contribution in [0.4, 0.5) is 24.5 Å². The van der Waals surface area contributed by atoms with Crippen molar-refractivity contribution in [2.75, 3.05) is 23.4 Å². The largest absolute Gasteiger partial charge is 0.467 e. The van der Waals surface area contributed by atoms with Crippen LogP contribution < -0.4 is 15.0 Å². The van der Waals surface area contributed by atoms with E-state index in [2.05, 4.69) is 15.0 Å². The molecule has 1 N–H and O–H groups in total. The Morgan fingerprint density at radius 1 is 1.24 bits per heavy atom. The van der Waals surface area contributed by atoms with Crippen molar-refractivity contribution in [3.63, 3.8) is 0 Å². The molecule has 0 saturated carbocycles. The Bertz CT molecular complexity index is 954. The number of amides is 2. The number of nitrogens with zero attached hydrogens (tertiary/aromatic N) is 2. The van der Waals surface area contributed by atoms with Crippen LogP contribution in [-0.4, -0.2) is 36.1 Å². The second kappa shape index (κ2) is 8.46. The van der Waals surface area contributed by atoms with Crippen LogP contribution in [-0.2, 0) is 4.79 Å². The molecular weight excluding hydrogens is 434 g/mol. The molecule has 1 aliphatic heterocycles. The predicted octanol–water partition coefficient (Wildman–Crippen LogP) is 4.71. The number of nitrogens with one attached hydrogen (secondary N) is 1. The van der Waals surface area contributed by atoms with E-state index in [1.807, 2.05) is 0 Å². The number of benzene rings is 1. The van der Waals surface area contributed by atoms with Crippen molar-refractivity contribution in [2.45, 2.75) is 19.0 Å². The number of carbonyl (C=O) groups is 2. The van der Waals surface area contributed by atoms with Crippen molar-refractivity contribution in [1.29, 1.82) is 0 Å². The van der Waals surface area contributed by atoms with Crippen LogP contribution in [0.3, 0.4) is 0 Å². The summed E-state index contributed by atoms with van der Waals surface area (Å²) in [6.45, 7) is -0.977. The molecule has 6 nitrogen and oxygen atoms in total. The van der Waals surface area contributed by atoms with Crippen LogP contribution in [0.1, 0.15) is 23.2 Å². The van der Waals surface area contributed by atoms with Crippen molar-refractivity contribution in [3.05, 3.63) is 46.1 Å². The van der Waals surface area contributed by atoms with Crippen molar-refractivity contribution in [3.8, 4) is 5.88 Å². The van der Waals surface area contributed by atoms with Gasteiger partial charge >= 0.3 is 6.18 Å². The van der Waals surface area contributed by atoms with Crippen LogP contribution in [0.2, 0.25) is 10.0 Å². The molecule has 0 atom stereocenters.